The number of fused-ring (bicyclic) bond motifs is 4. The molecule has 3 aliphatic heterocycles. The van der Waals surface area contributed by atoms with Crippen LogP contribution in [0, 0.1) is 11.8 Å². The lowest BCUT2D eigenvalue weighted by molar-refractivity contribution is -0.142. The molecule has 4 atom stereocenters. The minimum atomic E-state index is -1.50. The fourth-order valence-corrected chi connectivity index (χ4v) is 6.63. The molecule has 0 aliphatic carbocycles. The van der Waals surface area contributed by atoms with Gasteiger partial charge >= 0.3 is 0 Å². The lowest BCUT2D eigenvalue weighted by atomic mass is 9.76. The van der Waals surface area contributed by atoms with Crippen molar-refractivity contribution >= 4 is 35.0 Å². The van der Waals surface area contributed by atoms with Crippen molar-refractivity contribution in [1.29, 1.82) is 0 Å². The minimum absolute atomic E-state index is 0.118. The van der Waals surface area contributed by atoms with Gasteiger partial charge in [-0.25, -0.2) is 0 Å². The number of amides is 3. The molecule has 1 spiro atoms. The summed E-state index contributed by atoms with van der Waals surface area (Å²) in [6.07, 6.45) is 0.602. The van der Waals surface area contributed by atoms with Gasteiger partial charge in [-0.05, 0) is 66.4 Å². The molecule has 0 aromatic heterocycles. The van der Waals surface area contributed by atoms with Gasteiger partial charge in [-0.1, -0.05) is 23.7 Å². The van der Waals surface area contributed by atoms with Gasteiger partial charge in [0, 0.05) is 28.9 Å². The van der Waals surface area contributed by atoms with E-state index in [1.807, 2.05) is 6.07 Å². The number of likely N-dealkylation sites (tertiary alicyclic amines) is 1. The number of imide groups is 1. The summed E-state index contributed by atoms with van der Waals surface area (Å²) in [7, 11) is 3.08. The van der Waals surface area contributed by atoms with E-state index < -0.39 is 35.2 Å². The Kier molecular flexibility index (Phi) is 6.55. The molecule has 6 rings (SSSR count). The summed E-state index contributed by atoms with van der Waals surface area (Å²) in [6, 6.07) is 14.2. The third-order valence-corrected chi connectivity index (χ3v) is 8.57. The number of nitrogens with one attached hydrogen (secondary N) is 2. The number of anilines is 1. The van der Waals surface area contributed by atoms with Crippen LogP contribution in [0.4, 0.5) is 5.69 Å². The highest BCUT2D eigenvalue weighted by Gasteiger charge is 2.70. The van der Waals surface area contributed by atoms with E-state index in [9.17, 15) is 24.6 Å². The Morgan fingerprint density at radius 2 is 1.66 bits per heavy atom. The van der Waals surface area contributed by atoms with Crippen molar-refractivity contribution < 1.29 is 34.1 Å². The first kappa shape index (κ1) is 26.9. The molecule has 0 saturated carbocycles. The van der Waals surface area contributed by atoms with Gasteiger partial charge in [-0.3, -0.25) is 24.6 Å². The second kappa shape index (κ2) is 9.97. The molecule has 0 bridgehead atoms. The molecule has 3 aromatic rings. The minimum Gasteiger partial charge on any atom is -0.504 e. The largest absolute Gasteiger partial charge is 0.504 e. The van der Waals surface area contributed by atoms with Crippen molar-refractivity contribution in [3.63, 3.8) is 0 Å². The second-order valence-corrected chi connectivity index (χ2v) is 10.9. The molecule has 41 heavy (non-hydrogen) atoms. The highest BCUT2D eigenvalue weighted by molar-refractivity contribution is 6.31. The number of rotatable bonds is 7. The molecule has 10 nitrogen and oxygen atoms in total. The van der Waals surface area contributed by atoms with Gasteiger partial charge in [0.05, 0.1) is 26.1 Å². The molecule has 0 radical (unpaired) electrons. The van der Waals surface area contributed by atoms with Crippen LogP contribution in [0.3, 0.4) is 0 Å². The topological polar surface area (TPSA) is 137 Å². The summed E-state index contributed by atoms with van der Waals surface area (Å²) < 4.78 is 10.7. The summed E-state index contributed by atoms with van der Waals surface area (Å²) in [5.41, 5.74) is 1.02. The summed E-state index contributed by atoms with van der Waals surface area (Å²) in [6.45, 7) is 0.118. The highest BCUT2D eigenvalue weighted by atomic mass is 35.5. The van der Waals surface area contributed by atoms with Gasteiger partial charge in [0.15, 0.2) is 23.0 Å². The number of carbonyl (C=O) groups excluding carboxylic acids is 3. The fraction of sp³-hybridized carbons (Fsp3) is 0.300. The Labute approximate surface area is 240 Å². The molecule has 2 saturated heterocycles. The number of hydrogen-bond acceptors (Lipinski definition) is 8. The standard InChI is InChI=1S/C30H28ClN3O7/c1-40-23-8-4-15(13-24(23)41-2)9-10-34-27(37)25-20(11-16-3-7-21(35)22(36)12-16)33-30(26(25)28(34)38)18-14-17(31)5-6-19(18)32-29(30)39/h3-8,12-14,20,25-26,33,35-36H,9-11H2,1-2H3,(H,32,39)/t20-,25+,26+,30-/m0/s1. The zero-order valence-electron chi connectivity index (χ0n) is 22.3. The van der Waals surface area contributed by atoms with Crippen LogP contribution in [-0.2, 0) is 32.8 Å². The van der Waals surface area contributed by atoms with Gasteiger partial charge in [0.1, 0.15) is 5.54 Å². The van der Waals surface area contributed by atoms with Crippen LogP contribution in [-0.4, -0.2) is 59.6 Å². The normalized spacial score (nSPS) is 24.5. The van der Waals surface area contributed by atoms with E-state index in [1.165, 1.54) is 24.1 Å². The smallest absolute Gasteiger partial charge is 0.250 e. The van der Waals surface area contributed by atoms with Crippen molar-refractivity contribution in [3.8, 4) is 23.0 Å². The van der Waals surface area contributed by atoms with E-state index in [2.05, 4.69) is 10.6 Å². The predicted octanol–water partition coefficient (Wildman–Crippen LogP) is 2.97. The molecule has 2 fully saturated rings. The van der Waals surface area contributed by atoms with Crippen LogP contribution >= 0.6 is 11.6 Å². The average Bonchev–Trinajstić information content (AvgIpc) is 3.53. The molecule has 0 unspecified atom stereocenters. The number of halogens is 1. The number of benzene rings is 3. The molecule has 3 aliphatic rings. The Bertz CT molecular complexity index is 1590. The third-order valence-electron chi connectivity index (χ3n) is 8.34. The third kappa shape index (κ3) is 4.17. The maximum Gasteiger partial charge on any atom is 0.250 e. The van der Waals surface area contributed by atoms with Crippen LogP contribution in [0.25, 0.3) is 0 Å². The lowest BCUT2D eigenvalue weighted by Crippen LogP contribution is -2.53. The van der Waals surface area contributed by atoms with Crippen LogP contribution in [0.2, 0.25) is 5.02 Å². The number of carbonyl (C=O) groups is 3. The quantitative estimate of drug-likeness (QED) is 0.248. The first-order chi connectivity index (χ1) is 19.7. The zero-order chi connectivity index (χ0) is 29.1. The van der Waals surface area contributed by atoms with Gasteiger partial charge in [-0.15, -0.1) is 0 Å². The molecule has 3 amide bonds. The number of nitrogens with zero attached hydrogens (tertiary/aromatic N) is 1. The maximum atomic E-state index is 14.1. The van der Waals surface area contributed by atoms with Gasteiger partial charge < -0.3 is 25.0 Å². The van der Waals surface area contributed by atoms with E-state index >= 15 is 0 Å². The Balaban J connectivity index is 1.36. The lowest BCUT2D eigenvalue weighted by Gasteiger charge is -2.29. The number of ether oxygens (including phenoxy) is 2. The van der Waals surface area contributed by atoms with E-state index in [4.69, 9.17) is 21.1 Å². The van der Waals surface area contributed by atoms with E-state index in [0.717, 1.165) is 5.56 Å². The first-order valence-corrected chi connectivity index (χ1v) is 13.5. The Morgan fingerprint density at radius 1 is 0.902 bits per heavy atom. The first-order valence-electron chi connectivity index (χ1n) is 13.1. The van der Waals surface area contributed by atoms with Crippen molar-refractivity contribution in [2.45, 2.75) is 24.4 Å². The molecule has 212 valence electrons. The molecule has 11 heteroatoms. The molecule has 3 aromatic carbocycles. The molecule has 3 heterocycles. The van der Waals surface area contributed by atoms with Crippen molar-refractivity contribution in [1.82, 2.24) is 10.2 Å². The number of phenolic OH excluding ortho intramolecular Hbond substituents is 2. The van der Waals surface area contributed by atoms with E-state index in [0.29, 0.717) is 39.8 Å². The number of aromatic hydroxyl groups is 2. The zero-order valence-corrected chi connectivity index (χ0v) is 23.1. The molecule has 4 N–H and O–H groups in total. The van der Waals surface area contributed by atoms with E-state index in [-0.39, 0.29) is 30.4 Å². The van der Waals surface area contributed by atoms with Gasteiger partial charge in [-0.2, -0.15) is 0 Å². The Hall–Kier alpha value is -4.28. The summed E-state index contributed by atoms with van der Waals surface area (Å²) in [5.74, 6) is -2.55. The van der Waals surface area contributed by atoms with Crippen LogP contribution in [0.15, 0.2) is 54.6 Å². The predicted molar refractivity (Wildman–Crippen MR) is 149 cm³/mol. The summed E-state index contributed by atoms with van der Waals surface area (Å²) in [4.78, 5) is 43.0. The van der Waals surface area contributed by atoms with Crippen molar-refractivity contribution in [2.75, 3.05) is 26.1 Å². The summed E-state index contributed by atoms with van der Waals surface area (Å²) in [5, 5.41) is 26.4. The van der Waals surface area contributed by atoms with E-state index in [1.54, 1.807) is 43.5 Å². The van der Waals surface area contributed by atoms with Gasteiger partial charge in [0.2, 0.25) is 17.7 Å². The van der Waals surface area contributed by atoms with Crippen LogP contribution in [0.5, 0.6) is 23.0 Å². The molecular weight excluding hydrogens is 550 g/mol. The van der Waals surface area contributed by atoms with Crippen molar-refractivity contribution in [3.05, 3.63) is 76.3 Å². The van der Waals surface area contributed by atoms with Gasteiger partial charge in [0.25, 0.3) is 0 Å². The molecular formula is C30H28ClN3O7. The van der Waals surface area contributed by atoms with Crippen molar-refractivity contribution in [2.24, 2.45) is 11.8 Å². The Morgan fingerprint density at radius 3 is 2.39 bits per heavy atom. The summed E-state index contributed by atoms with van der Waals surface area (Å²) >= 11 is 6.33. The highest BCUT2D eigenvalue weighted by Crippen LogP contribution is 2.53. The second-order valence-electron chi connectivity index (χ2n) is 10.5. The maximum absolute atomic E-state index is 14.1. The van der Waals surface area contributed by atoms with Crippen LogP contribution in [0.1, 0.15) is 16.7 Å². The average molecular weight is 578 g/mol. The van der Waals surface area contributed by atoms with Crippen LogP contribution < -0.4 is 20.1 Å². The number of phenols is 2. The monoisotopic (exact) mass is 577 g/mol. The number of hydrogen-bond donors (Lipinski definition) is 4. The number of methoxy groups -OCH3 is 2. The fourth-order valence-electron chi connectivity index (χ4n) is 6.46. The SMILES string of the molecule is COc1ccc(CCN2C(=O)[C@@H]3[C@H](Cc4ccc(O)c(O)c4)N[C@]4(C(=O)Nc5ccc(Cl)cc54)[C@H]3C2=O)cc1OC.